The van der Waals surface area contributed by atoms with Gasteiger partial charge in [0.2, 0.25) is 5.91 Å². The van der Waals surface area contributed by atoms with Gasteiger partial charge in [0.15, 0.2) is 0 Å². The van der Waals surface area contributed by atoms with E-state index in [1.165, 1.54) is 57.8 Å². The van der Waals surface area contributed by atoms with Gasteiger partial charge in [-0.25, -0.2) is 0 Å². The number of carbonyl (C=O) groups is 1. The third-order valence-electron chi connectivity index (χ3n) is 10.4. The molecule has 0 aromatic carbocycles. The Bertz CT molecular complexity index is 751. The van der Waals surface area contributed by atoms with Crippen molar-refractivity contribution < 1.29 is 9.53 Å². The van der Waals surface area contributed by atoms with Crippen LogP contribution in [0.4, 0.5) is 0 Å². The van der Waals surface area contributed by atoms with Gasteiger partial charge in [0, 0.05) is 13.0 Å². The molecule has 1 unspecified atom stereocenters. The zero-order chi connectivity index (χ0) is 22.8. The highest BCUT2D eigenvalue weighted by atomic mass is 16.5. The molecule has 1 N–H and O–H groups in total. The molecule has 4 rings (SSSR count). The first-order valence-electron chi connectivity index (χ1n) is 13.4. The molecule has 1 amide bonds. The van der Waals surface area contributed by atoms with Gasteiger partial charge < -0.3 is 10.1 Å². The van der Waals surface area contributed by atoms with Crippen LogP contribution in [0.1, 0.15) is 91.4 Å². The number of nitrogens with one attached hydrogen (secondary N) is 1. The molecule has 7 atom stereocenters. The molecular weight excluding hydrogens is 394 g/mol. The minimum absolute atomic E-state index is 0.153. The second-order valence-electron chi connectivity index (χ2n) is 11.8. The van der Waals surface area contributed by atoms with Gasteiger partial charge in [-0.05, 0) is 98.2 Å². The van der Waals surface area contributed by atoms with Crippen LogP contribution in [0.5, 0.6) is 0 Å². The van der Waals surface area contributed by atoms with E-state index in [0.29, 0.717) is 42.9 Å². The Morgan fingerprint density at radius 2 is 2.09 bits per heavy atom. The third-order valence-corrected chi connectivity index (χ3v) is 10.4. The normalized spacial score (nSPS) is 39.1. The largest absolute Gasteiger partial charge is 0.367 e. The van der Waals surface area contributed by atoms with Crippen molar-refractivity contribution in [3.63, 3.8) is 0 Å². The molecule has 3 nitrogen and oxygen atoms in total. The van der Waals surface area contributed by atoms with Gasteiger partial charge in [-0.3, -0.25) is 4.79 Å². The highest BCUT2D eigenvalue weighted by Crippen LogP contribution is 2.67. The summed E-state index contributed by atoms with van der Waals surface area (Å²) >= 11 is 0. The van der Waals surface area contributed by atoms with Gasteiger partial charge >= 0.3 is 0 Å². The predicted octanol–water partition coefficient (Wildman–Crippen LogP) is 6.14. The fraction of sp³-hybridized carbons (Fsp3) is 0.828. The van der Waals surface area contributed by atoms with E-state index in [4.69, 9.17) is 11.2 Å². The lowest BCUT2D eigenvalue weighted by atomic mass is 9.47. The van der Waals surface area contributed by atoms with Gasteiger partial charge in [-0.2, -0.15) is 0 Å². The molecule has 0 aliphatic heterocycles. The summed E-state index contributed by atoms with van der Waals surface area (Å²) < 4.78 is 5.24. The van der Waals surface area contributed by atoms with E-state index in [-0.39, 0.29) is 5.91 Å². The summed E-state index contributed by atoms with van der Waals surface area (Å²) in [6.45, 7) is 9.00. The zero-order valence-electron chi connectivity index (χ0n) is 20.8. The average Bonchev–Trinajstić information content (AvgIpc) is 3.14. The Morgan fingerprint density at radius 1 is 1.25 bits per heavy atom. The van der Waals surface area contributed by atoms with Crippen LogP contribution < -0.4 is 5.32 Å². The molecule has 178 valence electrons. The van der Waals surface area contributed by atoms with Crippen molar-refractivity contribution in [2.24, 2.45) is 40.4 Å². The van der Waals surface area contributed by atoms with E-state index in [2.05, 4.69) is 38.1 Å². The molecule has 3 fully saturated rings. The number of allylic oxidation sites excluding steroid dienone is 2. The Kier molecular flexibility index (Phi) is 7.40. The van der Waals surface area contributed by atoms with Gasteiger partial charge in [-0.15, -0.1) is 6.42 Å². The Morgan fingerprint density at radius 3 is 2.91 bits per heavy atom. The maximum Gasteiger partial charge on any atom is 0.220 e. The van der Waals surface area contributed by atoms with Crippen LogP contribution in [-0.4, -0.2) is 25.7 Å². The minimum Gasteiger partial charge on any atom is -0.367 e. The fourth-order valence-electron chi connectivity index (χ4n) is 8.72. The monoisotopic (exact) mass is 439 g/mol. The van der Waals surface area contributed by atoms with Crippen LogP contribution in [0, 0.1) is 52.8 Å². The summed E-state index contributed by atoms with van der Waals surface area (Å²) in [5.74, 6) is 6.67. The van der Waals surface area contributed by atoms with Gasteiger partial charge in [0.25, 0.3) is 0 Å². The number of amides is 1. The third kappa shape index (κ3) is 4.42. The number of ether oxygens (including phenoxy) is 1. The average molecular weight is 440 g/mol. The predicted molar refractivity (Wildman–Crippen MR) is 131 cm³/mol. The van der Waals surface area contributed by atoms with Crippen LogP contribution in [0.15, 0.2) is 11.6 Å². The standard InChI is InChI=1S/C29H45NO2/c1-5-19-32-20-18-30-27(31)14-9-21(2)24-12-13-25-23-11-10-22-8-6-7-16-28(22,3)26(23)15-17-29(24,25)4/h1,10,21,23-26H,6-9,11-20H2,2-4H3,(H,30,31)/t21?,23-,24+,25-,26-,28-,29+/m0/s1. The number of carbonyl (C=O) groups excluding carboxylic acids is 1. The minimum atomic E-state index is 0.153. The second kappa shape index (κ2) is 9.92. The summed E-state index contributed by atoms with van der Waals surface area (Å²) in [5.41, 5.74) is 2.78. The highest BCUT2D eigenvalue weighted by molar-refractivity contribution is 5.75. The van der Waals surface area contributed by atoms with E-state index in [1.807, 2.05) is 5.57 Å². The number of rotatable bonds is 8. The molecule has 0 radical (unpaired) electrons. The quantitative estimate of drug-likeness (QED) is 0.280. The molecule has 4 aliphatic carbocycles. The molecule has 3 saturated carbocycles. The van der Waals surface area contributed by atoms with Crippen molar-refractivity contribution in [2.75, 3.05) is 19.8 Å². The summed E-state index contributed by atoms with van der Waals surface area (Å²) in [6, 6.07) is 0. The lowest BCUT2D eigenvalue weighted by Crippen LogP contribution is -2.50. The lowest BCUT2D eigenvalue weighted by Gasteiger charge is -2.58. The zero-order valence-corrected chi connectivity index (χ0v) is 20.8. The number of terminal acetylenes is 1. The molecule has 32 heavy (non-hydrogen) atoms. The lowest BCUT2D eigenvalue weighted by molar-refractivity contribution is -0.121. The molecule has 0 bridgehead atoms. The van der Waals surface area contributed by atoms with Gasteiger partial charge in [0.05, 0.1) is 6.61 Å². The molecular formula is C29H45NO2. The first kappa shape index (κ1) is 23.9. The topological polar surface area (TPSA) is 38.3 Å². The summed E-state index contributed by atoms with van der Waals surface area (Å²) in [7, 11) is 0. The van der Waals surface area contributed by atoms with E-state index in [9.17, 15) is 4.79 Å². The molecule has 0 spiro atoms. The van der Waals surface area contributed by atoms with E-state index >= 15 is 0 Å². The molecule has 0 aromatic heterocycles. The van der Waals surface area contributed by atoms with E-state index in [0.717, 1.165) is 30.1 Å². The van der Waals surface area contributed by atoms with Crippen molar-refractivity contribution in [1.29, 1.82) is 0 Å². The number of hydrogen-bond donors (Lipinski definition) is 1. The van der Waals surface area contributed by atoms with Crippen molar-refractivity contribution in [2.45, 2.75) is 91.4 Å². The van der Waals surface area contributed by atoms with Gasteiger partial charge in [-0.1, -0.05) is 44.8 Å². The number of fused-ring (bicyclic) bond motifs is 5. The Labute approximate surface area is 196 Å². The maximum absolute atomic E-state index is 12.3. The first-order valence-corrected chi connectivity index (χ1v) is 13.4. The molecule has 0 saturated heterocycles. The molecule has 4 aliphatic rings. The highest BCUT2D eigenvalue weighted by Gasteiger charge is 2.58. The van der Waals surface area contributed by atoms with E-state index < -0.39 is 0 Å². The van der Waals surface area contributed by atoms with Crippen LogP contribution in [0.3, 0.4) is 0 Å². The fourth-order valence-corrected chi connectivity index (χ4v) is 8.72. The molecule has 0 aromatic rings. The Balaban J connectivity index is 1.33. The van der Waals surface area contributed by atoms with Crippen LogP contribution in [0.25, 0.3) is 0 Å². The van der Waals surface area contributed by atoms with Gasteiger partial charge in [0.1, 0.15) is 6.61 Å². The SMILES string of the molecule is C#CCOCCNC(=O)CCC(C)[C@H]1CC[C@H]2[C@@H]3CC=C4CCCC[C@]4(C)[C@H]3CC[C@]12C. The smallest absolute Gasteiger partial charge is 0.220 e. The van der Waals surface area contributed by atoms with Crippen molar-refractivity contribution >= 4 is 5.91 Å². The van der Waals surface area contributed by atoms with Crippen molar-refractivity contribution in [3.05, 3.63) is 11.6 Å². The van der Waals surface area contributed by atoms with Crippen LogP contribution in [0.2, 0.25) is 0 Å². The Hall–Kier alpha value is -1.27. The molecule has 0 heterocycles. The summed E-state index contributed by atoms with van der Waals surface area (Å²) in [5, 5.41) is 2.98. The summed E-state index contributed by atoms with van der Waals surface area (Å²) in [6.07, 6.45) is 22.0. The van der Waals surface area contributed by atoms with Crippen molar-refractivity contribution in [3.8, 4) is 12.3 Å². The van der Waals surface area contributed by atoms with Crippen LogP contribution >= 0.6 is 0 Å². The van der Waals surface area contributed by atoms with Crippen molar-refractivity contribution in [1.82, 2.24) is 5.32 Å². The van der Waals surface area contributed by atoms with Crippen LogP contribution in [-0.2, 0) is 9.53 Å². The molecule has 3 heteroatoms. The maximum atomic E-state index is 12.3. The number of hydrogen-bond acceptors (Lipinski definition) is 2. The second-order valence-corrected chi connectivity index (χ2v) is 11.8. The summed E-state index contributed by atoms with van der Waals surface area (Å²) in [4.78, 5) is 12.3. The first-order chi connectivity index (χ1) is 15.4. The van der Waals surface area contributed by atoms with E-state index in [1.54, 1.807) is 0 Å².